The summed E-state index contributed by atoms with van der Waals surface area (Å²) in [5.74, 6) is -1.88. The molecule has 0 aromatic heterocycles. The third kappa shape index (κ3) is 2.62. The van der Waals surface area contributed by atoms with Crippen molar-refractivity contribution in [1.82, 2.24) is 0 Å². The summed E-state index contributed by atoms with van der Waals surface area (Å²) in [5, 5.41) is 18.1. The van der Waals surface area contributed by atoms with Gasteiger partial charge >= 0.3 is 5.97 Å². The van der Waals surface area contributed by atoms with Crippen LogP contribution in [-0.2, 0) is 14.6 Å². The first-order chi connectivity index (χ1) is 12.3. The van der Waals surface area contributed by atoms with Crippen molar-refractivity contribution >= 4 is 27.4 Å². The van der Waals surface area contributed by atoms with Crippen molar-refractivity contribution in [3.8, 4) is 11.8 Å². The van der Waals surface area contributed by atoms with Gasteiger partial charge in [-0.25, -0.2) is 8.42 Å². The lowest BCUT2D eigenvalue weighted by atomic mass is 10.0. The molecule has 1 aliphatic rings. The molecule has 1 N–H and O–H groups in total. The van der Waals surface area contributed by atoms with Crippen molar-refractivity contribution in [2.75, 3.05) is 7.11 Å². The van der Waals surface area contributed by atoms with Crippen LogP contribution in [0.4, 0.5) is 0 Å². The Bertz CT molecular complexity index is 995. The lowest BCUT2D eigenvalue weighted by molar-refractivity contribution is -0.141. The minimum atomic E-state index is -4.05. The molecule has 26 heavy (non-hydrogen) atoms. The fourth-order valence-electron chi connectivity index (χ4n) is 3.24. The highest BCUT2D eigenvalue weighted by Crippen LogP contribution is 2.64. The van der Waals surface area contributed by atoms with Crippen LogP contribution in [0.2, 0.25) is 5.02 Å². The molecule has 8 heteroatoms. The van der Waals surface area contributed by atoms with Crippen LogP contribution < -0.4 is 4.74 Å². The Kier molecular flexibility index (Phi) is 4.42. The highest BCUT2D eigenvalue weighted by atomic mass is 35.5. The van der Waals surface area contributed by atoms with Gasteiger partial charge in [0.1, 0.15) is 11.0 Å². The number of carboxylic acid groups (broad SMARTS) is 1. The van der Waals surface area contributed by atoms with Crippen LogP contribution >= 0.6 is 11.6 Å². The molecule has 1 saturated carbocycles. The lowest BCUT2D eigenvalue weighted by Gasteiger charge is -2.05. The fourth-order valence-corrected chi connectivity index (χ4v) is 5.61. The Hall–Kier alpha value is -2.56. The minimum absolute atomic E-state index is 0.0659. The number of sulfone groups is 1. The monoisotopic (exact) mass is 391 g/mol. The average molecular weight is 392 g/mol. The number of halogens is 1. The van der Waals surface area contributed by atoms with Gasteiger partial charge in [-0.3, -0.25) is 4.79 Å². The van der Waals surface area contributed by atoms with Gasteiger partial charge in [0.2, 0.25) is 0 Å². The number of aliphatic carboxylic acids is 1. The molecule has 0 aliphatic heterocycles. The zero-order chi connectivity index (χ0) is 19.1. The number of rotatable bonds is 5. The summed E-state index contributed by atoms with van der Waals surface area (Å²) >= 11 is 5.79. The quantitative estimate of drug-likeness (QED) is 0.840. The number of benzene rings is 2. The molecular formula is C18H14ClNO5S. The number of nitrogens with zero attached hydrogens (tertiary/aromatic N) is 1. The summed E-state index contributed by atoms with van der Waals surface area (Å²) in [4.78, 5) is 11.8. The van der Waals surface area contributed by atoms with Gasteiger partial charge in [0.05, 0.1) is 18.1 Å². The first-order valence-corrected chi connectivity index (χ1v) is 9.49. The molecule has 0 amide bonds. The molecule has 134 valence electrons. The van der Waals surface area contributed by atoms with E-state index in [9.17, 15) is 23.6 Å². The summed E-state index contributed by atoms with van der Waals surface area (Å²) in [6.45, 7) is 0. The highest BCUT2D eigenvalue weighted by Gasteiger charge is 2.77. The van der Waals surface area contributed by atoms with Gasteiger partial charge in [0.15, 0.2) is 15.3 Å². The van der Waals surface area contributed by atoms with E-state index in [0.717, 1.165) is 0 Å². The number of hydrogen-bond donors (Lipinski definition) is 1. The van der Waals surface area contributed by atoms with Crippen LogP contribution in [0.25, 0.3) is 0 Å². The van der Waals surface area contributed by atoms with E-state index < -0.39 is 32.4 Å². The predicted octanol–water partition coefficient (Wildman–Crippen LogP) is 2.88. The van der Waals surface area contributed by atoms with E-state index in [4.69, 9.17) is 16.3 Å². The van der Waals surface area contributed by atoms with Crippen LogP contribution in [0.3, 0.4) is 0 Å². The van der Waals surface area contributed by atoms with Crippen LogP contribution in [-0.4, -0.2) is 31.9 Å². The van der Waals surface area contributed by atoms with Gasteiger partial charge in [-0.2, -0.15) is 5.26 Å². The topological polar surface area (TPSA) is 104 Å². The Morgan fingerprint density at radius 3 is 2.23 bits per heavy atom. The predicted molar refractivity (Wildman–Crippen MR) is 93.8 cm³/mol. The molecule has 0 radical (unpaired) electrons. The third-order valence-electron chi connectivity index (χ3n) is 4.62. The lowest BCUT2D eigenvalue weighted by Crippen LogP contribution is -2.22. The zero-order valence-corrected chi connectivity index (χ0v) is 15.2. The summed E-state index contributed by atoms with van der Waals surface area (Å²) in [6, 6.07) is 13.5. The van der Waals surface area contributed by atoms with Gasteiger partial charge in [0.25, 0.3) is 0 Å². The molecule has 2 aromatic carbocycles. The van der Waals surface area contributed by atoms with Crippen molar-refractivity contribution < 1.29 is 23.1 Å². The van der Waals surface area contributed by atoms with Gasteiger partial charge in [-0.15, -0.1) is 0 Å². The molecule has 0 spiro atoms. The number of ether oxygens (including phenoxy) is 1. The largest absolute Gasteiger partial charge is 0.497 e. The molecule has 1 aliphatic carbocycles. The maximum absolute atomic E-state index is 13.0. The molecule has 3 atom stereocenters. The van der Waals surface area contributed by atoms with Gasteiger partial charge < -0.3 is 9.84 Å². The smallest absolute Gasteiger partial charge is 0.326 e. The standard InChI is InChI=1S/C18H14ClNO5S/c1-25-13-6-2-11(3-7-13)15-16(18(15,10-20)17(21)22)26(23,24)14-8-4-12(19)5-9-14/h2-9,15-16H,1H3,(H,21,22)/t15-,16-,18-/m0/s1. The van der Waals surface area contributed by atoms with Crippen molar-refractivity contribution in [3.63, 3.8) is 0 Å². The Labute approximate surface area is 155 Å². The summed E-state index contributed by atoms with van der Waals surface area (Å²) < 4.78 is 31.1. The van der Waals surface area contributed by atoms with Gasteiger partial charge in [0, 0.05) is 10.9 Å². The normalized spacial score (nSPS) is 24.5. The Morgan fingerprint density at radius 2 is 1.77 bits per heavy atom. The fraction of sp³-hybridized carbons (Fsp3) is 0.222. The molecule has 0 heterocycles. The van der Waals surface area contributed by atoms with Gasteiger partial charge in [-0.05, 0) is 42.0 Å². The van der Waals surface area contributed by atoms with E-state index in [-0.39, 0.29) is 4.90 Å². The summed E-state index contributed by atoms with van der Waals surface area (Å²) in [7, 11) is -2.57. The van der Waals surface area contributed by atoms with Crippen molar-refractivity contribution in [3.05, 3.63) is 59.1 Å². The van der Waals surface area contributed by atoms with Crippen LogP contribution in [0, 0.1) is 16.7 Å². The Morgan fingerprint density at radius 1 is 1.19 bits per heavy atom. The highest BCUT2D eigenvalue weighted by molar-refractivity contribution is 7.92. The van der Waals surface area contributed by atoms with Crippen molar-refractivity contribution in [1.29, 1.82) is 5.26 Å². The number of carboxylic acids is 1. The SMILES string of the molecule is COc1ccc([C@H]2[C@H](S(=O)(=O)c3ccc(Cl)cc3)[C@@]2(C#N)C(=O)O)cc1. The molecule has 3 rings (SSSR count). The summed E-state index contributed by atoms with van der Waals surface area (Å²) in [6.07, 6.45) is 0. The van der Waals surface area contributed by atoms with E-state index in [0.29, 0.717) is 16.3 Å². The minimum Gasteiger partial charge on any atom is -0.497 e. The van der Waals surface area contributed by atoms with E-state index in [1.807, 2.05) is 0 Å². The average Bonchev–Trinajstić information content (AvgIpc) is 3.34. The van der Waals surface area contributed by atoms with E-state index in [1.54, 1.807) is 30.3 Å². The molecule has 6 nitrogen and oxygen atoms in total. The van der Waals surface area contributed by atoms with E-state index in [2.05, 4.69) is 0 Å². The number of nitriles is 1. The van der Waals surface area contributed by atoms with Crippen molar-refractivity contribution in [2.45, 2.75) is 16.1 Å². The Balaban J connectivity index is 2.10. The molecular weight excluding hydrogens is 378 g/mol. The molecule has 0 saturated heterocycles. The number of hydrogen-bond acceptors (Lipinski definition) is 5. The van der Waals surface area contributed by atoms with E-state index in [1.165, 1.54) is 31.4 Å². The second-order valence-corrected chi connectivity index (χ2v) is 8.46. The maximum atomic E-state index is 13.0. The third-order valence-corrected chi connectivity index (χ3v) is 7.12. The van der Waals surface area contributed by atoms with Crippen LogP contribution in [0.15, 0.2) is 53.4 Å². The molecule has 2 aromatic rings. The van der Waals surface area contributed by atoms with Gasteiger partial charge in [-0.1, -0.05) is 23.7 Å². The number of methoxy groups -OCH3 is 1. The summed E-state index contributed by atoms with van der Waals surface area (Å²) in [5.41, 5.74) is -1.58. The molecule has 1 fully saturated rings. The number of carbonyl (C=O) groups is 1. The first-order valence-electron chi connectivity index (χ1n) is 7.57. The second-order valence-electron chi connectivity index (χ2n) is 5.96. The molecule has 0 unspecified atom stereocenters. The molecule has 0 bridgehead atoms. The first kappa shape index (κ1) is 18.2. The van der Waals surface area contributed by atoms with Crippen molar-refractivity contribution in [2.24, 2.45) is 5.41 Å². The van der Waals surface area contributed by atoms with E-state index >= 15 is 0 Å². The maximum Gasteiger partial charge on any atom is 0.326 e. The van der Waals surface area contributed by atoms with Crippen LogP contribution in [0.1, 0.15) is 11.5 Å². The second kappa shape index (κ2) is 6.31. The zero-order valence-electron chi connectivity index (χ0n) is 13.6. The van der Waals surface area contributed by atoms with Crippen LogP contribution in [0.5, 0.6) is 5.75 Å².